The minimum absolute atomic E-state index is 0.225. The SMILES string of the molecule is CCCCc1ccc(C(C)Nc2ccc(Cl)c(Cl)c2)cc1. The molecule has 21 heavy (non-hydrogen) atoms. The molecule has 0 aliphatic rings. The zero-order valence-electron chi connectivity index (χ0n) is 12.5. The average Bonchev–Trinajstić information content (AvgIpc) is 2.49. The lowest BCUT2D eigenvalue weighted by atomic mass is 10.0. The van der Waals surface area contributed by atoms with E-state index in [2.05, 4.69) is 43.4 Å². The highest BCUT2D eigenvalue weighted by Crippen LogP contribution is 2.27. The van der Waals surface area contributed by atoms with Gasteiger partial charge in [0, 0.05) is 11.7 Å². The largest absolute Gasteiger partial charge is 0.378 e. The van der Waals surface area contributed by atoms with Crippen molar-refractivity contribution in [3.8, 4) is 0 Å². The van der Waals surface area contributed by atoms with Gasteiger partial charge in [-0.1, -0.05) is 60.8 Å². The van der Waals surface area contributed by atoms with Gasteiger partial charge >= 0.3 is 0 Å². The van der Waals surface area contributed by atoms with Crippen LogP contribution in [0.5, 0.6) is 0 Å². The van der Waals surface area contributed by atoms with Crippen LogP contribution in [0.4, 0.5) is 5.69 Å². The van der Waals surface area contributed by atoms with E-state index in [0.717, 1.165) is 12.1 Å². The zero-order chi connectivity index (χ0) is 15.2. The van der Waals surface area contributed by atoms with Crippen LogP contribution in [-0.4, -0.2) is 0 Å². The highest BCUT2D eigenvalue weighted by molar-refractivity contribution is 6.42. The maximum Gasteiger partial charge on any atom is 0.0612 e. The predicted molar refractivity (Wildman–Crippen MR) is 93.6 cm³/mol. The van der Waals surface area contributed by atoms with Crippen LogP contribution in [0.3, 0.4) is 0 Å². The van der Waals surface area contributed by atoms with Crippen LogP contribution in [0.25, 0.3) is 0 Å². The molecule has 0 aromatic heterocycles. The average molecular weight is 322 g/mol. The van der Waals surface area contributed by atoms with Crippen LogP contribution in [0.15, 0.2) is 42.5 Å². The van der Waals surface area contributed by atoms with Gasteiger partial charge in [-0.3, -0.25) is 0 Å². The van der Waals surface area contributed by atoms with Crippen molar-refractivity contribution < 1.29 is 0 Å². The molecule has 0 aliphatic heterocycles. The smallest absolute Gasteiger partial charge is 0.0612 e. The molecule has 112 valence electrons. The van der Waals surface area contributed by atoms with E-state index in [1.807, 2.05) is 18.2 Å². The number of nitrogens with one attached hydrogen (secondary N) is 1. The first kappa shape index (κ1) is 16.2. The maximum atomic E-state index is 6.04. The lowest BCUT2D eigenvalue weighted by Gasteiger charge is -2.16. The Balaban J connectivity index is 2.02. The number of hydrogen-bond acceptors (Lipinski definition) is 1. The minimum Gasteiger partial charge on any atom is -0.378 e. The molecule has 1 nitrogen and oxygen atoms in total. The molecule has 3 heteroatoms. The van der Waals surface area contributed by atoms with E-state index in [-0.39, 0.29) is 6.04 Å². The summed E-state index contributed by atoms with van der Waals surface area (Å²) in [5.41, 5.74) is 3.65. The number of benzene rings is 2. The third-order valence-electron chi connectivity index (χ3n) is 3.60. The monoisotopic (exact) mass is 321 g/mol. The zero-order valence-corrected chi connectivity index (χ0v) is 14.0. The molecule has 2 aromatic carbocycles. The molecule has 0 spiro atoms. The fraction of sp³-hybridized carbons (Fsp3) is 0.333. The van der Waals surface area contributed by atoms with Gasteiger partial charge in [0.15, 0.2) is 0 Å². The van der Waals surface area contributed by atoms with Crippen LogP contribution < -0.4 is 5.32 Å². The molecule has 0 fully saturated rings. The molecule has 2 rings (SSSR count). The highest BCUT2D eigenvalue weighted by atomic mass is 35.5. The third kappa shape index (κ3) is 4.66. The molecule has 2 aromatic rings. The van der Waals surface area contributed by atoms with Crippen LogP contribution in [0.2, 0.25) is 10.0 Å². The van der Waals surface area contributed by atoms with Gasteiger partial charge in [0.1, 0.15) is 0 Å². The molecular formula is C18H21Cl2N. The van der Waals surface area contributed by atoms with Gasteiger partial charge in [-0.2, -0.15) is 0 Å². The summed E-state index contributed by atoms with van der Waals surface area (Å²) in [6.45, 7) is 4.36. The van der Waals surface area contributed by atoms with Crippen molar-refractivity contribution in [2.45, 2.75) is 39.2 Å². The van der Waals surface area contributed by atoms with E-state index in [9.17, 15) is 0 Å². The first-order valence-corrected chi connectivity index (χ1v) is 8.16. The minimum atomic E-state index is 0.225. The normalized spacial score (nSPS) is 12.2. The Morgan fingerprint density at radius 1 is 1.00 bits per heavy atom. The van der Waals surface area contributed by atoms with Gasteiger partial charge in [0.05, 0.1) is 10.0 Å². The summed E-state index contributed by atoms with van der Waals surface area (Å²) in [5, 5.41) is 4.60. The summed E-state index contributed by atoms with van der Waals surface area (Å²) in [6.07, 6.45) is 3.64. The molecule has 0 radical (unpaired) electrons. The first-order valence-electron chi connectivity index (χ1n) is 7.40. The van der Waals surface area contributed by atoms with Crippen LogP contribution in [0.1, 0.15) is 43.9 Å². The molecule has 0 amide bonds. The Labute approximate surface area is 137 Å². The Morgan fingerprint density at radius 3 is 2.33 bits per heavy atom. The van der Waals surface area contributed by atoms with Crippen molar-refractivity contribution in [3.05, 3.63) is 63.6 Å². The number of rotatable bonds is 6. The molecule has 1 atom stereocenters. The van der Waals surface area contributed by atoms with Gasteiger partial charge in [0.2, 0.25) is 0 Å². The second-order valence-corrected chi connectivity index (χ2v) is 6.15. The number of hydrogen-bond donors (Lipinski definition) is 1. The Bertz CT molecular complexity index is 578. The summed E-state index contributed by atoms with van der Waals surface area (Å²) in [6, 6.07) is 14.7. The number of aryl methyl sites for hydroxylation is 1. The summed E-state index contributed by atoms with van der Waals surface area (Å²) >= 11 is 12.0. The highest BCUT2D eigenvalue weighted by Gasteiger charge is 2.06. The maximum absolute atomic E-state index is 6.04. The van der Waals surface area contributed by atoms with Gasteiger partial charge < -0.3 is 5.32 Å². The molecule has 1 N–H and O–H groups in total. The van der Waals surface area contributed by atoms with Gasteiger partial charge in [-0.25, -0.2) is 0 Å². The first-order chi connectivity index (χ1) is 10.1. The van der Waals surface area contributed by atoms with E-state index in [1.165, 1.54) is 24.0 Å². The molecule has 1 unspecified atom stereocenters. The van der Waals surface area contributed by atoms with Gasteiger partial charge in [-0.15, -0.1) is 0 Å². The fourth-order valence-corrected chi connectivity index (χ4v) is 2.57. The summed E-state index contributed by atoms with van der Waals surface area (Å²) in [5.74, 6) is 0. The number of unbranched alkanes of at least 4 members (excludes halogenated alkanes) is 1. The second kappa shape index (κ2) is 7.72. The van der Waals surface area contributed by atoms with Crippen LogP contribution >= 0.6 is 23.2 Å². The van der Waals surface area contributed by atoms with E-state index >= 15 is 0 Å². The molecule has 0 bridgehead atoms. The number of halogens is 2. The number of anilines is 1. The van der Waals surface area contributed by atoms with Crippen molar-refractivity contribution in [2.75, 3.05) is 5.32 Å². The van der Waals surface area contributed by atoms with Crippen molar-refractivity contribution in [3.63, 3.8) is 0 Å². The Hall–Kier alpha value is -1.18. The molecule has 0 saturated carbocycles. The molecule has 0 aliphatic carbocycles. The topological polar surface area (TPSA) is 12.0 Å². The molecule has 0 saturated heterocycles. The summed E-state index contributed by atoms with van der Waals surface area (Å²) in [7, 11) is 0. The van der Waals surface area contributed by atoms with Crippen molar-refractivity contribution in [2.24, 2.45) is 0 Å². The van der Waals surface area contributed by atoms with Crippen LogP contribution in [0, 0.1) is 0 Å². The van der Waals surface area contributed by atoms with Crippen molar-refractivity contribution >= 4 is 28.9 Å². The van der Waals surface area contributed by atoms with E-state index in [4.69, 9.17) is 23.2 Å². The standard InChI is InChI=1S/C18H21Cl2N/c1-3-4-5-14-6-8-15(9-7-14)13(2)21-16-10-11-17(19)18(20)12-16/h6-13,21H,3-5H2,1-2H3. The second-order valence-electron chi connectivity index (χ2n) is 5.34. The lowest BCUT2D eigenvalue weighted by molar-refractivity contribution is 0.793. The predicted octanol–water partition coefficient (Wildman–Crippen LogP) is 6.51. The lowest BCUT2D eigenvalue weighted by Crippen LogP contribution is -2.06. The molecule has 0 heterocycles. The molecular weight excluding hydrogens is 301 g/mol. The van der Waals surface area contributed by atoms with Gasteiger partial charge in [0.25, 0.3) is 0 Å². The van der Waals surface area contributed by atoms with E-state index in [1.54, 1.807) is 0 Å². The van der Waals surface area contributed by atoms with Crippen LogP contribution in [-0.2, 0) is 6.42 Å². The van der Waals surface area contributed by atoms with E-state index in [0.29, 0.717) is 10.0 Å². The summed E-state index contributed by atoms with van der Waals surface area (Å²) < 4.78 is 0. The summed E-state index contributed by atoms with van der Waals surface area (Å²) in [4.78, 5) is 0. The van der Waals surface area contributed by atoms with Gasteiger partial charge in [-0.05, 0) is 49.1 Å². The van der Waals surface area contributed by atoms with Crippen molar-refractivity contribution in [1.82, 2.24) is 0 Å². The Kier molecular flexibility index (Phi) is 5.96. The van der Waals surface area contributed by atoms with Crippen molar-refractivity contribution in [1.29, 1.82) is 0 Å². The Morgan fingerprint density at radius 2 is 1.71 bits per heavy atom. The fourth-order valence-electron chi connectivity index (χ4n) is 2.27. The third-order valence-corrected chi connectivity index (χ3v) is 4.34. The van der Waals surface area contributed by atoms with E-state index < -0.39 is 0 Å². The quantitative estimate of drug-likeness (QED) is 0.639.